The zero-order valence-corrected chi connectivity index (χ0v) is 17.0. The van der Waals surface area contributed by atoms with E-state index >= 15 is 0 Å². The van der Waals surface area contributed by atoms with Gasteiger partial charge in [0.05, 0.1) is 16.6 Å². The van der Waals surface area contributed by atoms with Gasteiger partial charge in [-0.3, -0.25) is 4.79 Å². The number of hydrogen-bond acceptors (Lipinski definition) is 5. The quantitative estimate of drug-likeness (QED) is 0.609. The van der Waals surface area contributed by atoms with Crippen molar-refractivity contribution in [3.63, 3.8) is 0 Å². The van der Waals surface area contributed by atoms with Gasteiger partial charge >= 0.3 is 5.97 Å². The molecule has 1 aliphatic carbocycles. The van der Waals surface area contributed by atoms with E-state index in [1.807, 2.05) is 30.3 Å². The number of allylic oxidation sites excluding steroid dienone is 3. The topological polar surface area (TPSA) is 86.6 Å². The van der Waals surface area contributed by atoms with Crippen LogP contribution < -0.4 is 5.32 Å². The second kappa shape index (κ2) is 7.72. The fraction of sp³-hybridized carbons (Fsp3) is 0.0833. The first kappa shape index (κ1) is 19.8. The number of fused-ring (bicyclic) bond motifs is 1. The second-order valence-corrected chi connectivity index (χ2v) is 8.19. The van der Waals surface area contributed by atoms with Gasteiger partial charge in [0, 0.05) is 27.2 Å². The summed E-state index contributed by atoms with van der Waals surface area (Å²) in [6.07, 6.45) is 2.93. The van der Waals surface area contributed by atoms with E-state index in [0.29, 0.717) is 22.4 Å². The van der Waals surface area contributed by atoms with Crippen molar-refractivity contribution in [1.82, 2.24) is 0 Å². The Bertz CT molecular complexity index is 1190. The molecule has 2 aromatic carbocycles. The molecule has 1 unspecified atom stereocenters. The van der Waals surface area contributed by atoms with E-state index < -0.39 is 5.97 Å². The number of aromatic hydroxyl groups is 1. The van der Waals surface area contributed by atoms with Crippen molar-refractivity contribution in [2.24, 2.45) is 0 Å². The number of benzene rings is 2. The Morgan fingerprint density at radius 2 is 1.97 bits per heavy atom. The Morgan fingerprint density at radius 1 is 1.20 bits per heavy atom. The average Bonchev–Trinajstić information content (AvgIpc) is 2.87. The largest absolute Gasteiger partial charge is 0.508 e. The number of carbonyl (C=O) groups excluding carboxylic acids is 1. The van der Waals surface area contributed by atoms with Crippen molar-refractivity contribution >= 4 is 29.2 Å². The smallest absolute Gasteiger partial charge is 0.331 e. The zero-order valence-electron chi connectivity index (χ0n) is 16.2. The van der Waals surface area contributed by atoms with Crippen molar-refractivity contribution in [3.05, 3.63) is 101 Å². The molecule has 0 aromatic heterocycles. The van der Waals surface area contributed by atoms with Crippen LogP contribution in [-0.4, -0.2) is 22.0 Å². The van der Waals surface area contributed by atoms with Crippen molar-refractivity contribution < 1.29 is 19.8 Å². The minimum Gasteiger partial charge on any atom is -0.508 e. The van der Waals surface area contributed by atoms with E-state index in [2.05, 4.69) is 11.9 Å². The van der Waals surface area contributed by atoms with Crippen LogP contribution in [-0.2, 0) is 9.59 Å². The number of thioether (sulfide) groups is 1. The lowest BCUT2D eigenvalue weighted by atomic mass is 10.0. The molecule has 150 valence electrons. The van der Waals surface area contributed by atoms with Crippen LogP contribution in [0.25, 0.3) is 0 Å². The Hall–Kier alpha value is -3.51. The number of Topliss-reactive ketones (excluding diaryl/α,β-unsaturated/α-hetero) is 1. The lowest BCUT2D eigenvalue weighted by molar-refractivity contribution is -0.132. The summed E-state index contributed by atoms with van der Waals surface area (Å²) >= 11 is 1.52. The van der Waals surface area contributed by atoms with Crippen LogP contribution in [0.15, 0.2) is 100 Å². The number of para-hydroxylation sites is 1. The third kappa shape index (κ3) is 3.46. The molecule has 3 N–H and O–H groups in total. The summed E-state index contributed by atoms with van der Waals surface area (Å²) in [5, 5.41) is 22.1. The average molecular weight is 417 g/mol. The zero-order chi connectivity index (χ0) is 21.4. The predicted octanol–water partition coefficient (Wildman–Crippen LogP) is 5.00. The molecule has 0 spiro atoms. The number of nitrogens with one attached hydrogen (secondary N) is 1. The maximum absolute atomic E-state index is 13.4. The van der Waals surface area contributed by atoms with Gasteiger partial charge in [0.2, 0.25) is 0 Å². The highest BCUT2D eigenvalue weighted by Crippen LogP contribution is 2.52. The van der Waals surface area contributed by atoms with E-state index in [-0.39, 0.29) is 22.4 Å². The summed E-state index contributed by atoms with van der Waals surface area (Å²) in [5.41, 5.74) is 3.83. The predicted molar refractivity (Wildman–Crippen MR) is 117 cm³/mol. The number of aliphatic carboxylic acids is 1. The molecule has 0 amide bonds. The second-order valence-electron chi connectivity index (χ2n) is 7.05. The van der Waals surface area contributed by atoms with Crippen molar-refractivity contribution in [2.45, 2.75) is 17.1 Å². The van der Waals surface area contributed by atoms with Crippen molar-refractivity contribution in [1.29, 1.82) is 0 Å². The van der Waals surface area contributed by atoms with E-state index in [4.69, 9.17) is 5.11 Å². The fourth-order valence-electron chi connectivity index (χ4n) is 3.46. The molecule has 1 aliphatic heterocycles. The Kier molecular flexibility index (Phi) is 5.10. The van der Waals surface area contributed by atoms with Crippen molar-refractivity contribution in [3.8, 4) is 5.75 Å². The molecule has 0 saturated carbocycles. The highest BCUT2D eigenvalue weighted by molar-refractivity contribution is 8.00. The van der Waals surface area contributed by atoms with Gasteiger partial charge < -0.3 is 15.5 Å². The van der Waals surface area contributed by atoms with E-state index in [1.165, 1.54) is 30.8 Å². The number of carbonyl (C=O) groups is 2. The number of phenols is 1. The van der Waals surface area contributed by atoms with Crippen LogP contribution in [0.2, 0.25) is 0 Å². The molecular formula is C24H19NO4S. The number of anilines is 1. The van der Waals surface area contributed by atoms with Crippen LogP contribution >= 0.6 is 11.8 Å². The summed E-state index contributed by atoms with van der Waals surface area (Å²) in [4.78, 5) is 25.5. The minimum absolute atomic E-state index is 0.126. The monoisotopic (exact) mass is 417 g/mol. The highest BCUT2D eigenvalue weighted by atomic mass is 32.2. The number of phenolic OH excluding ortho intramolecular Hbond substituents is 1. The van der Waals surface area contributed by atoms with E-state index in [1.54, 1.807) is 18.2 Å². The van der Waals surface area contributed by atoms with E-state index in [9.17, 15) is 14.7 Å². The number of rotatable bonds is 3. The summed E-state index contributed by atoms with van der Waals surface area (Å²) in [5.74, 6) is -1.12. The van der Waals surface area contributed by atoms with Crippen LogP contribution in [0, 0.1) is 0 Å². The van der Waals surface area contributed by atoms with Crippen LogP contribution in [0.4, 0.5) is 5.69 Å². The van der Waals surface area contributed by atoms with Gasteiger partial charge in [0.1, 0.15) is 5.75 Å². The van der Waals surface area contributed by atoms with Gasteiger partial charge in [-0.05, 0) is 42.8 Å². The number of carboxylic acid groups (broad SMARTS) is 1. The normalized spacial score (nSPS) is 20.0. The molecule has 0 radical (unpaired) electrons. The van der Waals surface area contributed by atoms with Gasteiger partial charge in [-0.15, -0.1) is 11.8 Å². The SMILES string of the molecule is C=C1C2=C(C(=O)/C1=C/C=C(\C)C(=O)O)C(c1cccc(O)c1)Sc1ccccc1N2. The van der Waals surface area contributed by atoms with Gasteiger partial charge in [-0.1, -0.05) is 36.9 Å². The molecule has 2 aliphatic rings. The Balaban J connectivity index is 1.86. The molecule has 2 aromatic rings. The molecule has 5 nitrogen and oxygen atoms in total. The molecule has 1 atom stereocenters. The lowest BCUT2D eigenvalue weighted by Crippen LogP contribution is -2.08. The van der Waals surface area contributed by atoms with Gasteiger partial charge in [-0.2, -0.15) is 0 Å². The standard InChI is InChI=1S/C24H19NO4S/c1-13(24(28)29)10-11-17-14(2)21-20(22(17)27)23(15-6-5-7-16(26)12-15)30-19-9-4-3-8-18(19)25-21/h3-12,23,25-26H,2H2,1H3,(H,28,29)/b13-10+,17-11+. The Morgan fingerprint density at radius 3 is 2.70 bits per heavy atom. The molecule has 0 bridgehead atoms. The van der Waals surface area contributed by atoms with Gasteiger partial charge in [0.25, 0.3) is 0 Å². The van der Waals surface area contributed by atoms with E-state index in [0.717, 1.165) is 16.1 Å². The maximum atomic E-state index is 13.4. The number of hydrogen-bond donors (Lipinski definition) is 3. The summed E-state index contributed by atoms with van der Waals surface area (Å²) in [6.45, 7) is 5.58. The minimum atomic E-state index is -1.04. The van der Waals surface area contributed by atoms with Gasteiger partial charge in [0.15, 0.2) is 5.78 Å². The fourth-order valence-corrected chi connectivity index (χ4v) is 4.74. The van der Waals surface area contributed by atoms with Crippen LogP contribution in [0.3, 0.4) is 0 Å². The molecular weight excluding hydrogens is 398 g/mol. The third-order valence-electron chi connectivity index (χ3n) is 5.05. The Labute approximate surface area is 178 Å². The molecule has 6 heteroatoms. The summed E-state index contributed by atoms with van der Waals surface area (Å²) < 4.78 is 0. The molecule has 1 heterocycles. The molecule has 0 saturated heterocycles. The summed E-state index contributed by atoms with van der Waals surface area (Å²) in [6, 6.07) is 14.6. The first-order valence-electron chi connectivity index (χ1n) is 9.29. The first-order chi connectivity index (χ1) is 14.4. The number of carboxylic acids is 1. The maximum Gasteiger partial charge on any atom is 0.331 e. The third-order valence-corrected chi connectivity index (χ3v) is 6.40. The molecule has 0 fully saturated rings. The lowest BCUT2D eigenvalue weighted by Gasteiger charge is -2.17. The van der Waals surface area contributed by atoms with Crippen molar-refractivity contribution in [2.75, 3.05) is 5.32 Å². The molecule has 4 rings (SSSR count). The highest BCUT2D eigenvalue weighted by Gasteiger charge is 2.39. The van der Waals surface area contributed by atoms with Gasteiger partial charge in [-0.25, -0.2) is 4.79 Å². The van der Waals surface area contributed by atoms with Crippen LogP contribution in [0.1, 0.15) is 17.7 Å². The number of ketones is 1. The first-order valence-corrected chi connectivity index (χ1v) is 10.2. The van der Waals surface area contributed by atoms with Crippen LogP contribution in [0.5, 0.6) is 5.75 Å². The summed E-state index contributed by atoms with van der Waals surface area (Å²) in [7, 11) is 0. The molecule has 30 heavy (non-hydrogen) atoms.